The highest BCUT2D eigenvalue weighted by atomic mass is 19.4. The Morgan fingerprint density at radius 3 is 2.57 bits per heavy atom. The van der Waals surface area contributed by atoms with E-state index in [-0.39, 0.29) is 12.3 Å². The summed E-state index contributed by atoms with van der Waals surface area (Å²) in [6, 6.07) is 2.94. The number of esters is 1. The van der Waals surface area contributed by atoms with Crippen LogP contribution in [0.25, 0.3) is 11.5 Å². The van der Waals surface area contributed by atoms with Gasteiger partial charge in [-0.2, -0.15) is 17.6 Å². The first-order chi connectivity index (χ1) is 10.7. The summed E-state index contributed by atoms with van der Waals surface area (Å²) in [6.07, 6.45) is -4.21. The minimum absolute atomic E-state index is 0.00632. The van der Waals surface area contributed by atoms with Gasteiger partial charge in [0.1, 0.15) is 11.3 Å². The average molecular weight is 334 g/mol. The topological polar surface area (TPSA) is 43.6 Å². The van der Waals surface area contributed by atoms with E-state index < -0.39 is 35.2 Å². The molecule has 0 radical (unpaired) electrons. The number of alkyl halides is 3. The molecular weight excluding hydrogens is 323 g/mol. The lowest BCUT2D eigenvalue weighted by atomic mass is 10.2. The highest BCUT2D eigenvalue weighted by Gasteiger charge is 2.40. The van der Waals surface area contributed by atoms with Crippen LogP contribution in [0.3, 0.4) is 0 Å². The van der Waals surface area contributed by atoms with Gasteiger partial charge in [-0.3, -0.25) is 4.40 Å². The summed E-state index contributed by atoms with van der Waals surface area (Å²) in [5.74, 6) is -6.32. The number of allylic oxidation sites excluding steroid dienone is 1. The van der Waals surface area contributed by atoms with Crippen LogP contribution in [0.15, 0.2) is 24.2 Å². The number of hydrogen-bond acceptors (Lipinski definition) is 3. The van der Waals surface area contributed by atoms with Gasteiger partial charge in [0.25, 0.3) is 0 Å². The number of hydrogen-bond donors (Lipinski definition) is 0. The second kappa shape index (κ2) is 5.98. The molecule has 2 heterocycles. The highest BCUT2D eigenvalue weighted by molar-refractivity contribution is 5.93. The van der Waals surface area contributed by atoms with Gasteiger partial charge in [0.15, 0.2) is 11.5 Å². The number of rotatable bonds is 3. The third kappa shape index (κ3) is 3.17. The maximum Gasteiger partial charge on any atom is 0.446 e. The lowest BCUT2D eigenvalue weighted by Crippen LogP contribution is -2.13. The number of pyridine rings is 1. The highest BCUT2D eigenvalue weighted by Crippen LogP contribution is 2.35. The van der Waals surface area contributed by atoms with Crippen molar-refractivity contribution in [1.82, 2.24) is 9.38 Å². The largest absolute Gasteiger partial charge is 0.461 e. The molecular formula is C14H11F5N2O2. The van der Waals surface area contributed by atoms with Crippen LogP contribution in [0.2, 0.25) is 0 Å². The normalized spacial score (nSPS) is 13.2. The molecule has 9 heteroatoms. The Bertz CT molecular complexity index is 792. The minimum Gasteiger partial charge on any atom is -0.461 e. The SMILES string of the molecule is CCOC(=O)c1c(/C(F)=C(\F)C(F)(F)F)nc2cc(C)ccn12. The molecule has 0 aliphatic rings. The van der Waals surface area contributed by atoms with Crippen molar-refractivity contribution in [3.63, 3.8) is 0 Å². The molecule has 0 saturated heterocycles. The van der Waals surface area contributed by atoms with Crippen LogP contribution in [0, 0.1) is 6.92 Å². The molecule has 0 aliphatic carbocycles. The fraction of sp³-hybridized carbons (Fsp3) is 0.286. The summed E-state index contributed by atoms with van der Waals surface area (Å²) in [7, 11) is 0. The average Bonchev–Trinajstić information content (AvgIpc) is 2.83. The second-order valence-corrected chi connectivity index (χ2v) is 4.59. The number of ether oxygens (including phenoxy) is 1. The van der Waals surface area contributed by atoms with E-state index in [1.54, 1.807) is 6.92 Å². The standard InChI is InChI=1S/C14H11F5N2O2/c1-3-23-13(22)11-10(9(15)12(16)14(17,18)19)20-8-6-7(2)4-5-21(8)11/h4-6H,3H2,1-2H3/b12-9+. The molecule has 0 spiro atoms. The van der Waals surface area contributed by atoms with Crippen molar-refractivity contribution < 1.29 is 31.5 Å². The molecule has 0 fully saturated rings. The van der Waals surface area contributed by atoms with Crippen LogP contribution < -0.4 is 0 Å². The summed E-state index contributed by atoms with van der Waals surface area (Å²) in [4.78, 5) is 15.5. The van der Waals surface area contributed by atoms with Gasteiger partial charge in [0, 0.05) is 6.20 Å². The molecule has 2 aromatic heterocycles. The van der Waals surface area contributed by atoms with Gasteiger partial charge < -0.3 is 4.74 Å². The van der Waals surface area contributed by atoms with E-state index >= 15 is 0 Å². The van der Waals surface area contributed by atoms with Crippen LogP contribution in [-0.4, -0.2) is 28.1 Å². The number of aryl methyl sites for hydroxylation is 1. The van der Waals surface area contributed by atoms with Crippen LogP contribution >= 0.6 is 0 Å². The predicted octanol–water partition coefficient (Wildman–Crippen LogP) is 3.99. The minimum atomic E-state index is -5.53. The Kier molecular flexibility index (Phi) is 4.39. The van der Waals surface area contributed by atoms with Crippen LogP contribution in [-0.2, 0) is 4.74 Å². The molecule has 124 valence electrons. The molecule has 0 bridgehead atoms. The summed E-state index contributed by atoms with van der Waals surface area (Å²) >= 11 is 0. The molecule has 4 nitrogen and oxygen atoms in total. The van der Waals surface area contributed by atoms with Gasteiger partial charge in [-0.05, 0) is 31.5 Å². The number of halogens is 5. The zero-order valence-corrected chi connectivity index (χ0v) is 12.0. The van der Waals surface area contributed by atoms with Crippen molar-refractivity contribution >= 4 is 17.4 Å². The molecule has 23 heavy (non-hydrogen) atoms. The van der Waals surface area contributed by atoms with E-state index in [9.17, 15) is 26.7 Å². The number of nitrogens with zero attached hydrogens (tertiary/aromatic N) is 2. The van der Waals surface area contributed by atoms with E-state index in [4.69, 9.17) is 0 Å². The van der Waals surface area contributed by atoms with E-state index in [1.165, 1.54) is 25.3 Å². The van der Waals surface area contributed by atoms with Gasteiger partial charge >= 0.3 is 12.1 Å². The van der Waals surface area contributed by atoms with Crippen LogP contribution in [0.4, 0.5) is 22.0 Å². The number of imidazole rings is 1. The zero-order valence-electron chi connectivity index (χ0n) is 12.0. The number of carbonyl (C=O) groups is 1. The maximum absolute atomic E-state index is 13.9. The zero-order chi connectivity index (χ0) is 17.4. The summed E-state index contributed by atoms with van der Waals surface area (Å²) in [5, 5.41) is 0. The Balaban J connectivity index is 2.77. The Hall–Kier alpha value is -2.45. The molecule has 0 unspecified atom stereocenters. The Morgan fingerprint density at radius 1 is 1.35 bits per heavy atom. The predicted molar refractivity (Wildman–Crippen MR) is 71.1 cm³/mol. The van der Waals surface area contributed by atoms with Crippen molar-refractivity contribution in [3.05, 3.63) is 41.1 Å². The smallest absolute Gasteiger partial charge is 0.446 e. The van der Waals surface area contributed by atoms with Gasteiger partial charge in [0.05, 0.1) is 6.61 Å². The van der Waals surface area contributed by atoms with Gasteiger partial charge in [-0.1, -0.05) is 0 Å². The van der Waals surface area contributed by atoms with E-state index in [1.807, 2.05) is 0 Å². The first kappa shape index (κ1) is 16.9. The molecule has 2 aromatic rings. The second-order valence-electron chi connectivity index (χ2n) is 4.59. The van der Waals surface area contributed by atoms with Gasteiger partial charge in [-0.25, -0.2) is 14.2 Å². The number of aromatic nitrogens is 2. The first-order valence-electron chi connectivity index (χ1n) is 6.45. The van der Waals surface area contributed by atoms with Crippen molar-refractivity contribution in [3.8, 4) is 0 Å². The van der Waals surface area contributed by atoms with E-state index in [0.717, 1.165) is 4.40 Å². The third-order valence-corrected chi connectivity index (χ3v) is 2.90. The van der Waals surface area contributed by atoms with Crippen molar-refractivity contribution in [2.45, 2.75) is 20.0 Å². The first-order valence-corrected chi connectivity index (χ1v) is 6.45. The summed E-state index contributed by atoms with van der Waals surface area (Å²) in [5.41, 5.74) is -0.999. The van der Waals surface area contributed by atoms with Crippen LogP contribution in [0.1, 0.15) is 28.7 Å². The lowest BCUT2D eigenvalue weighted by molar-refractivity contribution is -0.108. The third-order valence-electron chi connectivity index (χ3n) is 2.90. The quantitative estimate of drug-likeness (QED) is 0.630. The molecule has 0 aromatic carbocycles. The van der Waals surface area contributed by atoms with Crippen molar-refractivity contribution in [1.29, 1.82) is 0 Å². The Labute approximate surface area is 127 Å². The summed E-state index contributed by atoms with van der Waals surface area (Å²) in [6.45, 7) is 3.04. The number of carbonyl (C=O) groups excluding carboxylic acids is 1. The van der Waals surface area contributed by atoms with Gasteiger partial charge in [-0.15, -0.1) is 0 Å². The summed E-state index contributed by atoms with van der Waals surface area (Å²) < 4.78 is 69.9. The van der Waals surface area contributed by atoms with Crippen LogP contribution in [0.5, 0.6) is 0 Å². The molecule has 0 atom stereocenters. The molecule has 0 saturated carbocycles. The molecule has 2 rings (SSSR count). The fourth-order valence-electron chi connectivity index (χ4n) is 1.92. The number of fused-ring (bicyclic) bond motifs is 1. The fourth-order valence-corrected chi connectivity index (χ4v) is 1.92. The molecule has 0 aliphatic heterocycles. The van der Waals surface area contributed by atoms with E-state index in [0.29, 0.717) is 5.56 Å². The monoisotopic (exact) mass is 334 g/mol. The lowest BCUT2D eigenvalue weighted by Gasteiger charge is -2.06. The van der Waals surface area contributed by atoms with Crippen molar-refractivity contribution in [2.24, 2.45) is 0 Å². The molecule has 0 amide bonds. The van der Waals surface area contributed by atoms with Crippen molar-refractivity contribution in [2.75, 3.05) is 6.61 Å². The Morgan fingerprint density at radius 2 is 2.00 bits per heavy atom. The maximum atomic E-state index is 13.9. The van der Waals surface area contributed by atoms with E-state index in [2.05, 4.69) is 9.72 Å². The van der Waals surface area contributed by atoms with Gasteiger partial charge in [0.2, 0.25) is 5.83 Å². The molecule has 0 N–H and O–H groups in total.